The van der Waals surface area contributed by atoms with Crippen LogP contribution in [0.25, 0.3) is 0 Å². The zero-order valence-electron chi connectivity index (χ0n) is 9.22. The van der Waals surface area contributed by atoms with Gasteiger partial charge in [0.2, 0.25) is 5.91 Å². The molecule has 1 amide bonds. The lowest BCUT2D eigenvalue weighted by atomic mass is 9.75. The molecule has 0 radical (unpaired) electrons. The van der Waals surface area contributed by atoms with Crippen molar-refractivity contribution in [3.63, 3.8) is 0 Å². The summed E-state index contributed by atoms with van der Waals surface area (Å²) in [4.78, 5) is 15.3. The monoisotopic (exact) mass is 218 g/mol. The molecular formula is C10H19ClN2O. The van der Waals surface area contributed by atoms with Gasteiger partial charge in [-0.1, -0.05) is 0 Å². The van der Waals surface area contributed by atoms with E-state index in [9.17, 15) is 4.79 Å². The Morgan fingerprint density at radius 3 is 2.21 bits per heavy atom. The van der Waals surface area contributed by atoms with E-state index < -0.39 is 0 Å². The van der Waals surface area contributed by atoms with E-state index in [1.54, 1.807) is 4.90 Å². The van der Waals surface area contributed by atoms with Gasteiger partial charge in [0.15, 0.2) is 0 Å². The Morgan fingerprint density at radius 2 is 1.93 bits per heavy atom. The second-order valence-corrected chi connectivity index (χ2v) is 4.62. The molecule has 0 aromatic rings. The molecule has 0 aliphatic heterocycles. The number of nitrogens with zero attached hydrogens (tertiary/aromatic N) is 2. The Balaban J connectivity index is 2.52. The van der Waals surface area contributed by atoms with Crippen LogP contribution in [0.5, 0.6) is 0 Å². The SMILES string of the molecule is CN(CC1(N(C)C)CCC1)C(=O)CCl. The van der Waals surface area contributed by atoms with Crippen molar-refractivity contribution in [2.75, 3.05) is 33.6 Å². The van der Waals surface area contributed by atoms with Gasteiger partial charge in [-0.2, -0.15) is 0 Å². The molecule has 1 fully saturated rings. The molecule has 1 saturated carbocycles. The fraction of sp³-hybridized carbons (Fsp3) is 0.900. The molecule has 0 aromatic heterocycles. The molecule has 0 atom stereocenters. The summed E-state index contributed by atoms with van der Waals surface area (Å²) in [6.07, 6.45) is 3.63. The van der Waals surface area contributed by atoms with Crippen LogP contribution >= 0.6 is 11.6 Å². The molecular weight excluding hydrogens is 200 g/mol. The molecule has 1 aliphatic carbocycles. The second kappa shape index (κ2) is 4.49. The van der Waals surface area contributed by atoms with Gasteiger partial charge in [-0.05, 0) is 33.4 Å². The minimum Gasteiger partial charge on any atom is -0.343 e. The maximum Gasteiger partial charge on any atom is 0.237 e. The first-order valence-corrected chi connectivity index (χ1v) is 5.53. The summed E-state index contributed by atoms with van der Waals surface area (Å²) in [6, 6.07) is 0. The average Bonchev–Trinajstić information content (AvgIpc) is 2.08. The van der Waals surface area contributed by atoms with Crippen molar-refractivity contribution in [2.24, 2.45) is 0 Å². The summed E-state index contributed by atoms with van der Waals surface area (Å²) >= 11 is 5.51. The first kappa shape index (κ1) is 11.8. The number of carbonyl (C=O) groups excluding carboxylic acids is 1. The largest absolute Gasteiger partial charge is 0.343 e. The van der Waals surface area contributed by atoms with Gasteiger partial charge in [0.1, 0.15) is 5.88 Å². The molecule has 14 heavy (non-hydrogen) atoms. The topological polar surface area (TPSA) is 23.6 Å². The van der Waals surface area contributed by atoms with Gasteiger partial charge in [0, 0.05) is 19.1 Å². The summed E-state index contributed by atoms with van der Waals surface area (Å²) in [7, 11) is 5.99. The van der Waals surface area contributed by atoms with E-state index in [0.29, 0.717) is 0 Å². The first-order chi connectivity index (χ1) is 6.52. The normalized spacial score (nSPS) is 19.2. The van der Waals surface area contributed by atoms with Gasteiger partial charge >= 0.3 is 0 Å². The predicted octanol–water partition coefficient (Wildman–Crippen LogP) is 1.17. The van der Waals surface area contributed by atoms with Gasteiger partial charge in [0.05, 0.1) is 0 Å². The third-order valence-corrected chi connectivity index (χ3v) is 3.53. The van der Waals surface area contributed by atoms with E-state index in [4.69, 9.17) is 11.6 Å². The third-order valence-electron chi connectivity index (χ3n) is 3.30. The number of carbonyl (C=O) groups is 1. The Kier molecular flexibility index (Phi) is 3.78. The summed E-state index contributed by atoms with van der Waals surface area (Å²) in [5.74, 6) is 0.0970. The Hall–Kier alpha value is -0.280. The zero-order valence-corrected chi connectivity index (χ0v) is 9.97. The summed E-state index contributed by atoms with van der Waals surface area (Å²) in [6.45, 7) is 0.797. The third kappa shape index (κ3) is 2.20. The fourth-order valence-corrected chi connectivity index (χ4v) is 2.17. The molecule has 0 aromatic carbocycles. The standard InChI is InChI=1S/C10H19ClN2O/c1-12(2)10(5-4-6-10)8-13(3)9(14)7-11/h4-8H2,1-3H3. The Bertz CT molecular complexity index is 214. The van der Waals surface area contributed by atoms with Crippen LogP contribution in [0, 0.1) is 0 Å². The van der Waals surface area contributed by atoms with Crippen LogP contribution in [0.15, 0.2) is 0 Å². The van der Waals surface area contributed by atoms with E-state index in [2.05, 4.69) is 19.0 Å². The van der Waals surface area contributed by atoms with Crippen LogP contribution in [-0.4, -0.2) is 54.8 Å². The van der Waals surface area contributed by atoms with Crippen LogP contribution < -0.4 is 0 Å². The molecule has 82 valence electrons. The average molecular weight is 219 g/mol. The highest BCUT2D eigenvalue weighted by molar-refractivity contribution is 6.27. The summed E-state index contributed by atoms with van der Waals surface area (Å²) in [5, 5.41) is 0. The van der Waals surface area contributed by atoms with Gasteiger partial charge in [0.25, 0.3) is 0 Å². The van der Waals surface area contributed by atoms with E-state index in [-0.39, 0.29) is 17.3 Å². The molecule has 1 rings (SSSR count). The van der Waals surface area contributed by atoms with Crippen molar-refractivity contribution in [1.82, 2.24) is 9.80 Å². The lowest BCUT2D eigenvalue weighted by molar-refractivity contribution is -0.129. The zero-order chi connectivity index (χ0) is 10.8. The highest BCUT2D eigenvalue weighted by Crippen LogP contribution is 2.36. The highest BCUT2D eigenvalue weighted by atomic mass is 35.5. The molecule has 0 unspecified atom stereocenters. The molecule has 3 nitrogen and oxygen atoms in total. The number of hydrogen-bond acceptors (Lipinski definition) is 2. The van der Waals surface area contributed by atoms with Crippen molar-refractivity contribution in [3.05, 3.63) is 0 Å². The smallest absolute Gasteiger partial charge is 0.237 e. The predicted molar refractivity (Wildman–Crippen MR) is 58.6 cm³/mol. The lowest BCUT2D eigenvalue weighted by Crippen LogP contribution is -2.57. The van der Waals surface area contributed by atoms with Crippen molar-refractivity contribution < 1.29 is 4.79 Å². The first-order valence-electron chi connectivity index (χ1n) is 4.99. The molecule has 0 bridgehead atoms. The van der Waals surface area contributed by atoms with Crippen LogP contribution in [0.2, 0.25) is 0 Å². The summed E-state index contributed by atoms with van der Waals surface area (Å²) < 4.78 is 0. The van der Waals surface area contributed by atoms with Gasteiger partial charge in [-0.3, -0.25) is 4.79 Å². The summed E-state index contributed by atoms with van der Waals surface area (Å²) in [5.41, 5.74) is 0.205. The van der Waals surface area contributed by atoms with E-state index in [1.165, 1.54) is 19.3 Å². The number of likely N-dealkylation sites (N-methyl/N-ethyl adjacent to an activating group) is 2. The van der Waals surface area contributed by atoms with Crippen LogP contribution in [0.3, 0.4) is 0 Å². The molecule has 0 spiro atoms. The second-order valence-electron chi connectivity index (χ2n) is 4.36. The molecule has 0 heterocycles. The van der Waals surface area contributed by atoms with Gasteiger partial charge in [-0.15, -0.1) is 11.6 Å². The van der Waals surface area contributed by atoms with Gasteiger partial charge < -0.3 is 9.80 Å². The Labute approximate surface area is 91.0 Å². The maximum absolute atomic E-state index is 11.3. The van der Waals surface area contributed by atoms with Crippen LogP contribution in [0.4, 0.5) is 0 Å². The maximum atomic E-state index is 11.3. The van der Waals surface area contributed by atoms with E-state index >= 15 is 0 Å². The minimum atomic E-state index is 0.0137. The quantitative estimate of drug-likeness (QED) is 0.662. The molecule has 0 N–H and O–H groups in total. The van der Waals surface area contributed by atoms with Crippen LogP contribution in [0.1, 0.15) is 19.3 Å². The Morgan fingerprint density at radius 1 is 1.36 bits per heavy atom. The number of alkyl halides is 1. The van der Waals surface area contributed by atoms with E-state index in [0.717, 1.165) is 6.54 Å². The number of hydrogen-bond donors (Lipinski definition) is 0. The minimum absolute atomic E-state index is 0.0137. The highest BCUT2D eigenvalue weighted by Gasteiger charge is 2.40. The fourth-order valence-electron chi connectivity index (χ4n) is 1.96. The van der Waals surface area contributed by atoms with Crippen molar-refractivity contribution in [3.8, 4) is 0 Å². The van der Waals surface area contributed by atoms with E-state index in [1.807, 2.05) is 7.05 Å². The van der Waals surface area contributed by atoms with Crippen molar-refractivity contribution in [1.29, 1.82) is 0 Å². The van der Waals surface area contributed by atoms with Crippen molar-refractivity contribution in [2.45, 2.75) is 24.8 Å². The molecule has 1 aliphatic rings. The number of rotatable bonds is 4. The van der Waals surface area contributed by atoms with Gasteiger partial charge in [-0.25, -0.2) is 0 Å². The lowest BCUT2D eigenvalue weighted by Gasteiger charge is -2.49. The number of halogens is 1. The molecule has 0 saturated heterocycles. The molecule has 4 heteroatoms. The van der Waals surface area contributed by atoms with Crippen molar-refractivity contribution >= 4 is 17.5 Å². The number of amides is 1. The van der Waals surface area contributed by atoms with Crippen LogP contribution in [-0.2, 0) is 4.79 Å².